The van der Waals surface area contributed by atoms with Crippen LogP contribution in [0, 0.1) is 0 Å². The quantitative estimate of drug-likeness (QED) is 0.604. The Labute approximate surface area is 123 Å². The largest absolute Gasteiger partial charge is 0.493 e. The minimum atomic E-state index is 0.190. The summed E-state index contributed by atoms with van der Waals surface area (Å²) in [6.07, 6.45) is 5.21. The van der Waals surface area contributed by atoms with Crippen molar-refractivity contribution >= 4 is 17.7 Å². The molecule has 4 nitrogen and oxygen atoms in total. The van der Waals surface area contributed by atoms with Crippen molar-refractivity contribution in [2.24, 2.45) is 0 Å². The van der Waals surface area contributed by atoms with Crippen LogP contribution in [-0.4, -0.2) is 23.7 Å². The standard InChI is InChI=1S/C15H15ClN2O2/c1-19-14-10-17-15(16)18-13(14)8-5-9-20-11-12-6-3-2-4-7-12/h2-8,10H,9,11H2,1H3. The van der Waals surface area contributed by atoms with Gasteiger partial charge in [-0.15, -0.1) is 0 Å². The number of methoxy groups -OCH3 is 1. The van der Waals surface area contributed by atoms with Gasteiger partial charge < -0.3 is 9.47 Å². The lowest BCUT2D eigenvalue weighted by Gasteiger charge is -2.03. The van der Waals surface area contributed by atoms with Gasteiger partial charge >= 0.3 is 0 Å². The second kappa shape index (κ2) is 7.62. The van der Waals surface area contributed by atoms with Gasteiger partial charge in [-0.1, -0.05) is 36.4 Å². The number of hydrogen-bond donors (Lipinski definition) is 0. The third kappa shape index (κ3) is 4.33. The highest BCUT2D eigenvalue weighted by molar-refractivity contribution is 6.28. The van der Waals surface area contributed by atoms with Gasteiger partial charge in [-0.25, -0.2) is 9.97 Å². The minimum absolute atomic E-state index is 0.190. The van der Waals surface area contributed by atoms with E-state index in [2.05, 4.69) is 9.97 Å². The first kappa shape index (κ1) is 14.5. The van der Waals surface area contributed by atoms with Gasteiger partial charge in [0, 0.05) is 0 Å². The predicted octanol–water partition coefficient (Wildman–Crippen LogP) is 3.37. The zero-order chi connectivity index (χ0) is 14.2. The van der Waals surface area contributed by atoms with E-state index >= 15 is 0 Å². The Morgan fingerprint density at radius 1 is 1.25 bits per heavy atom. The van der Waals surface area contributed by atoms with Crippen LogP contribution in [-0.2, 0) is 11.3 Å². The SMILES string of the molecule is COc1cnc(Cl)nc1C=CCOCc1ccccc1. The third-order valence-corrected chi connectivity index (χ3v) is 2.76. The lowest BCUT2D eigenvalue weighted by molar-refractivity contribution is 0.149. The molecule has 0 amide bonds. The van der Waals surface area contributed by atoms with Crippen molar-refractivity contribution in [2.75, 3.05) is 13.7 Å². The first-order valence-corrected chi connectivity index (χ1v) is 6.52. The number of nitrogens with zero attached hydrogens (tertiary/aromatic N) is 2. The van der Waals surface area contributed by atoms with Crippen molar-refractivity contribution in [3.63, 3.8) is 0 Å². The molecule has 0 saturated carbocycles. The molecule has 1 aromatic heterocycles. The van der Waals surface area contributed by atoms with Gasteiger partial charge in [0.25, 0.3) is 0 Å². The maximum absolute atomic E-state index is 5.75. The molecule has 0 saturated heterocycles. The van der Waals surface area contributed by atoms with E-state index in [0.29, 0.717) is 24.7 Å². The van der Waals surface area contributed by atoms with E-state index in [1.54, 1.807) is 19.4 Å². The molecule has 0 N–H and O–H groups in total. The topological polar surface area (TPSA) is 44.2 Å². The van der Waals surface area contributed by atoms with Crippen molar-refractivity contribution in [2.45, 2.75) is 6.61 Å². The Morgan fingerprint density at radius 3 is 2.80 bits per heavy atom. The van der Waals surface area contributed by atoms with Crippen LogP contribution in [0.2, 0.25) is 5.28 Å². The highest BCUT2D eigenvalue weighted by Gasteiger charge is 2.02. The molecule has 2 rings (SSSR count). The maximum atomic E-state index is 5.75. The van der Waals surface area contributed by atoms with Crippen LogP contribution < -0.4 is 4.74 Å². The molecule has 104 valence electrons. The lowest BCUT2D eigenvalue weighted by Crippen LogP contribution is -1.95. The van der Waals surface area contributed by atoms with Gasteiger partial charge in [-0.3, -0.25) is 0 Å². The maximum Gasteiger partial charge on any atom is 0.223 e. The van der Waals surface area contributed by atoms with E-state index in [4.69, 9.17) is 21.1 Å². The van der Waals surface area contributed by atoms with Crippen LogP contribution in [0.25, 0.3) is 6.08 Å². The van der Waals surface area contributed by atoms with Crippen molar-refractivity contribution in [3.05, 3.63) is 59.1 Å². The molecule has 20 heavy (non-hydrogen) atoms. The van der Waals surface area contributed by atoms with E-state index in [1.165, 1.54) is 0 Å². The molecule has 0 radical (unpaired) electrons. The Morgan fingerprint density at radius 2 is 2.05 bits per heavy atom. The van der Waals surface area contributed by atoms with E-state index in [0.717, 1.165) is 5.56 Å². The molecule has 0 aliphatic carbocycles. The highest BCUT2D eigenvalue weighted by atomic mass is 35.5. The fraction of sp³-hybridized carbons (Fsp3) is 0.200. The zero-order valence-electron chi connectivity index (χ0n) is 11.1. The van der Waals surface area contributed by atoms with Crippen molar-refractivity contribution in [1.29, 1.82) is 0 Å². The molecule has 0 unspecified atom stereocenters. The first-order valence-electron chi connectivity index (χ1n) is 6.14. The minimum Gasteiger partial charge on any atom is -0.493 e. The van der Waals surface area contributed by atoms with Crippen molar-refractivity contribution in [3.8, 4) is 5.75 Å². The second-order valence-electron chi connectivity index (χ2n) is 4.00. The summed E-state index contributed by atoms with van der Waals surface area (Å²) in [4.78, 5) is 7.95. The molecular weight excluding hydrogens is 276 g/mol. The van der Waals surface area contributed by atoms with Crippen LogP contribution in [0.15, 0.2) is 42.6 Å². The monoisotopic (exact) mass is 290 g/mol. The number of benzene rings is 1. The lowest BCUT2D eigenvalue weighted by atomic mass is 10.2. The molecule has 0 bridgehead atoms. The Hall–Kier alpha value is -1.91. The zero-order valence-corrected chi connectivity index (χ0v) is 11.9. The molecule has 0 spiro atoms. The molecule has 5 heteroatoms. The van der Waals surface area contributed by atoms with Crippen LogP contribution in [0.5, 0.6) is 5.75 Å². The number of aromatic nitrogens is 2. The molecule has 0 aliphatic heterocycles. The summed E-state index contributed by atoms with van der Waals surface area (Å²) in [5.74, 6) is 0.578. The summed E-state index contributed by atoms with van der Waals surface area (Å²) in [7, 11) is 1.57. The average molecular weight is 291 g/mol. The normalized spacial score (nSPS) is 10.9. The fourth-order valence-electron chi connectivity index (χ4n) is 1.62. The van der Waals surface area contributed by atoms with Crippen LogP contribution >= 0.6 is 11.6 Å². The molecule has 1 heterocycles. The van der Waals surface area contributed by atoms with E-state index in [1.807, 2.05) is 36.4 Å². The number of halogens is 1. The fourth-order valence-corrected chi connectivity index (χ4v) is 1.76. The Bertz CT molecular complexity index is 573. The summed E-state index contributed by atoms with van der Waals surface area (Å²) < 4.78 is 10.7. The van der Waals surface area contributed by atoms with Gasteiger partial charge in [0.05, 0.1) is 26.5 Å². The summed E-state index contributed by atoms with van der Waals surface area (Å²) in [6.45, 7) is 1.06. The number of hydrogen-bond acceptors (Lipinski definition) is 4. The first-order chi connectivity index (χ1) is 9.79. The van der Waals surface area contributed by atoms with Gasteiger partial charge in [0.1, 0.15) is 5.69 Å². The van der Waals surface area contributed by atoms with Gasteiger partial charge in [0.2, 0.25) is 5.28 Å². The van der Waals surface area contributed by atoms with Gasteiger partial charge in [-0.2, -0.15) is 0 Å². The van der Waals surface area contributed by atoms with E-state index in [-0.39, 0.29) is 5.28 Å². The molecule has 0 fully saturated rings. The van der Waals surface area contributed by atoms with Crippen LogP contribution in [0.1, 0.15) is 11.3 Å². The van der Waals surface area contributed by atoms with Gasteiger partial charge in [-0.05, 0) is 23.2 Å². The summed E-state index contributed by atoms with van der Waals surface area (Å²) in [5.41, 5.74) is 1.78. The van der Waals surface area contributed by atoms with Crippen LogP contribution in [0.4, 0.5) is 0 Å². The molecular formula is C15H15ClN2O2. The summed E-state index contributed by atoms with van der Waals surface area (Å²) >= 11 is 5.75. The smallest absolute Gasteiger partial charge is 0.223 e. The molecule has 1 aromatic carbocycles. The highest BCUT2D eigenvalue weighted by Crippen LogP contribution is 2.17. The Balaban J connectivity index is 1.86. The summed E-state index contributed by atoms with van der Waals surface area (Å²) in [6, 6.07) is 10.0. The molecule has 0 atom stereocenters. The van der Waals surface area contributed by atoms with Crippen molar-refractivity contribution < 1.29 is 9.47 Å². The van der Waals surface area contributed by atoms with E-state index in [9.17, 15) is 0 Å². The number of rotatable bonds is 6. The van der Waals surface area contributed by atoms with E-state index < -0.39 is 0 Å². The average Bonchev–Trinajstić information content (AvgIpc) is 2.48. The second-order valence-corrected chi connectivity index (χ2v) is 4.33. The van der Waals surface area contributed by atoms with Crippen molar-refractivity contribution in [1.82, 2.24) is 9.97 Å². The third-order valence-electron chi connectivity index (χ3n) is 2.57. The molecule has 0 aliphatic rings. The Kier molecular flexibility index (Phi) is 5.53. The van der Waals surface area contributed by atoms with Gasteiger partial charge in [0.15, 0.2) is 5.75 Å². The predicted molar refractivity (Wildman–Crippen MR) is 78.7 cm³/mol. The van der Waals surface area contributed by atoms with Crippen LogP contribution in [0.3, 0.4) is 0 Å². The molecule has 2 aromatic rings. The number of ether oxygens (including phenoxy) is 2. The summed E-state index contributed by atoms with van der Waals surface area (Å²) in [5, 5.41) is 0.190.